The molecule has 0 amide bonds. The van der Waals surface area contributed by atoms with E-state index in [0.29, 0.717) is 33.2 Å². The van der Waals surface area contributed by atoms with Crippen molar-refractivity contribution in [2.75, 3.05) is 0 Å². The van der Waals surface area contributed by atoms with Gasteiger partial charge in [0.2, 0.25) is 0 Å². The van der Waals surface area contributed by atoms with Crippen LogP contribution in [0.3, 0.4) is 0 Å². The molecule has 0 aliphatic rings. The van der Waals surface area contributed by atoms with Crippen molar-refractivity contribution in [1.29, 1.82) is 0 Å². The number of aryl methyl sites for hydroxylation is 3. The molecule has 5 nitrogen and oxygen atoms in total. The van der Waals surface area contributed by atoms with Crippen LogP contribution in [-0.4, -0.2) is 15.3 Å². The lowest BCUT2D eigenvalue weighted by molar-refractivity contribution is 0.302. The molecule has 3 rings (SSSR count). The number of hydrogen-bond donors (Lipinski definition) is 2. The van der Waals surface area contributed by atoms with Gasteiger partial charge in [-0.3, -0.25) is 0 Å². The van der Waals surface area contributed by atoms with E-state index in [4.69, 9.17) is 4.42 Å². The maximum Gasteiger partial charge on any atom is 0.140 e. The summed E-state index contributed by atoms with van der Waals surface area (Å²) < 4.78 is 5.77. The molecule has 21 heavy (non-hydrogen) atoms. The first kappa shape index (κ1) is 13.6. The number of rotatable bonds is 1. The van der Waals surface area contributed by atoms with Gasteiger partial charge in [0.1, 0.15) is 22.5 Å². The molecule has 0 spiro atoms. The molecule has 0 aliphatic heterocycles. The van der Waals surface area contributed by atoms with Crippen molar-refractivity contribution in [2.45, 2.75) is 20.8 Å². The molecule has 0 atom stereocenters. The zero-order valence-corrected chi connectivity index (χ0v) is 12.7. The Morgan fingerprint density at radius 2 is 2.00 bits per heavy atom. The summed E-state index contributed by atoms with van der Waals surface area (Å²) in [6, 6.07) is 3.27. The summed E-state index contributed by atoms with van der Waals surface area (Å²) in [5.74, 6) is 0.732. The van der Waals surface area contributed by atoms with E-state index >= 15 is 0 Å². The molecular weight excluding hydrogens is 288 g/mol. The number of phenols is 1. The second-order valence-electron chi connectivity index (χ2n) is 4.87. The van der Waals surface area contributed by atoms with Crippen LogP contribution in [0.1, 0.15) is 16.3 Å². The molecule has 0 bridgehead atoms. The van der Waals surface area contributed by atoms with Crippen molar-refractivity contribution in [1.82, 2.24) is 4.98 Å². The molecule has 0 fully saturated rings. The molecule has 0 unspecified atom stereocenters. The lowest BCUT2D eigenvalue weighted by atomic mass is 10.1. The fourth-order valence-electron chi connectivity index (χ4n) is 2.35. The predicted octanol–water partition coefficient (Wildman–Crippen LogP) is 3.48. The largest absolute Gasteiger partial charge is 0.508 e. The summed E-state index contributed by atoms with van der Waals surface area (Å²) in [6.07, 6.45) is 0. The Morgan fingerprint density at radius 1 is 1.24 bits per heavy atom. The van der Waals surface area contributed by atoms with Crippen LogP contribution in [-0.2, 0) is 0 Å². The third-order valence-corrected chi connectivity index (χ3v) is 4.15. The highest BCUT2D eigenvalue weighted by Crippen LogP contribution is 2.28. The van der Waals surface area contributed by atoms with E-state index < -0.39 is 0 Å². The second kappa shape index (κ2) is 4.89. The number of aromatic nitrogens is 1. The summed E-state index contributed by atoms with van der Waals surface area (Å²) in [5, 5.41) is 26.6. The fourth-order valence-corrected chi connectivity index (χ4v) is 2.95. The van der Waals surface area contributed by atoms with Crippen LogP contribution < -0.4 is 5.36 Å². The molecular formula is C15H14N2O3S. The third kappa shape index (κ3) is 2.17. The molecule has 3 aromatic rings. The minimum Gasteiger partial charge on any atom is -0.508 e. The van der Waals surface area contributed by atoms with Crippen LogP contribution in [0.2, 0.25) is 0 Å². The van der Waals surface area contributed by atoms with Crippen molar-refractivity contribution < 1.29 is 14.7 Å². The molecule has 0 saturated heterocycles. The van der Waals surface area contributed by atoms with Gasteiger partial charge in [0.05, 0.1) is 16.3 Å². The Labute approximate surface area is 124 Å². The van der Waals surface area contributed by atoms with E-state index in [2.05, 4.69) is 10.1 Å². The molecule has 1 aromatic carbocycles. The number of hydrogen-bond acceptors (Lipinski definition) is 6. The molecule has 0 saturated carbocycles. The fraction of sp³-hybridized carbons (Fsp3) is 0.200. The van der Waals surface area contributed by atoms with E-state index in [9.17, 15) is 10.3 Å². The van der Waals surface area contributed by atoms with Gasteiger partial charge in [-0.15, -0.1) is 11.3 Å². The van der Waals surface area contributed by atoms with Gasteiger partial charge in [-0.1, -0.05) is 5.16 Å². The van der Waals surface area contributed by atoms with E-state index in [1.807, 2.05) is 12.3 Å². The Bertz CT molecular complexity index is 909. The quantitative estimate of drug-likeness (QED) is 0.533. The number of aromatic hydroxyl groups is 1. The maximum atomic E-state index is 9.80. The minimum absolute atomic E-state index is 0.145. The number of thiazole rings is 1. The highest BCUT2D eigenvalue weighted by molar-refractivity contribution is 7.09. The molecule has 2 heterocycles. The van der Waals surface area contributed by atoms with E-state index in [1.165, 1.54) is 17.4 Å². The van der Waals surface area contributed by atoms with Gasteiger partial charge in [-0.25, -0.2) is 4.98 Å². The summed E-state index contributed by atoms with van der Waals surface area (Å²) in [5.41, 5.74) is 2.55. The average Bonchev–Trinajstić information content (AvgIpc) is 2.85. The van der Waals surface area contributed by atoms with Crippen molar-refractivity contribution in [3.8, 4) is 17.0 Å². The van der Waals surface area contributed by atoms with Gasteiger partial charge in [-0.2, -0.15) is 0 Å². The van der Waals surface area contributed by atoms with Crippen molar-refractivity contribution in [3.63, 3.8) is 0 Å². The van der Waals surface area contributed by atoms with Crippen molar-refractivity contribution in [2.24, 2.45) is 5.16 Å². The predicted molar refractivity (Wildman–Crippen MR) is 80.5 cm³/mol. The highest BCUT2D eigenvalue weighted by Gasteiger charge is 2.16. The van der Waals surface area contributed by atoms with E-state index in [1.54, 1.807) is 19.9 Å². The topological polar surface area (TPSA) is 78.9 Å². The molecule has 2 aromatic heterocycles. The molecule has 2 N–H and O–H groups in total. The normalized spacial score (nSPS) is 12.2. The summed E-state index contributed by atoms with van der Waals surface area (Å²) in [4.78, 5) is 4.44. The van der Waals surface area contributed by atoms with Gasteiger partial charge in [0, 0.05) is 16.8 Å². The minimum atomic E-state index is 0.145. The standard InChI is InChI=1S/C15H14N2O3S/c1-7-4-10-13(5-12(7)18)20-8(2)14(15(10)17-19)11-6-21-9(3)16-11/h4-6,18-19H,1-3H3. The number of nitrogens with zero attached hydrogens (tertiary/aromatic N) is 2. The highest BCUT2D eigenvalue weighted by atomic mass is 32.1. The SMILES string of the molecule is Cc1nc(-c2c(C)oc3cc(O)c(C)cc3c2=NO)cs1. The Kier molecular flexibility index (Phi) is 3.17. The van der Waals surface area contributed by atoms with Crippen LogP contribution in [0.4, 0.5) is 0 Å². The first-order valence-electron chi connectivity index (χ1n) is 6.39. The van der Waals surface area contributed by atoms with Gasteiger partial charge in [0.15, 0.2) is 0 Å². The third-order valence-electron chi connectivity index (χ3n) is 3.38. The monoisotopic (exact) mass is 302 g/mol. The zero-order chi connectivity index (χ0) is 15.1. The first-order valence-corrected chi connectivity index (χ1v) is 7.27. The van der Waals surface area contributed by atoms with Crippen LogP contribution in [0, 0.1) is 20.8 Å². The maximum absolute atomic E-state index is 9.80. The smallest absolute Gasteiger partial charge is 0.140 e. The van der Waals surface area contributed by atoms with Gasteiger partial charge in [0.25, 0.3) is 0 Å². The van der Waals surface area contributed by atoms with Crippen LogP contribution in [0.5, 0.6) is 5.75 Å². The van der Waals surface area contributed by atoms with E-state index in [0.717, 1.165) is 10.7 Å². The number of benzene rings is 1. The van der Waals surface area contributed by atoms with Crippen LogP contribution in [0.25, 0.3) is 22.2 Å². The van der Waals surface area contributed by atoms with Crippen LogP contribution >= 0.6 is 11.3 Å². The van der Waals surface area contributed by atoms with Crippen LogP contribution in [0.15, 0.2) is 27.1 Å². The second-order valence-corrected chi connectivity index (χ2v) is 5.93. The summed E-state index contributed by atoms with van der Waals surface area (Å²) in [6.45, 7) is 5.48. The summed E-state index contributed by atoms with van der Waals surface area (Å²) in [7, 11) is 0. The van der Waals surface area contributed by atoms with E-state index in [-0.39, 0.29) is 5.75 Å². The first-order chi connectivity index (χ1) is 10.0. The Morgan fingerprint density at radius 3 is 2.62 bits per heavy atom. The Hall–Kier alpha value is -2.34. The van der Waals surface area contributed by atoms with Crippen molar-refractivity contribution >= 4 is 22.3 Å². The summed E-state index contributed by atoms with van der Waals surface area (Å²) >= 11 is 1.52. The molecule has 6 heteroatoms. The molecule has 108 valence electrons. The van der Waals surface area contributed by atoms with Gasteiger partial charge in [-0.05, 0) is 32.4 Å². The zero-order valence-electron chi connectivity index (χ0n) is 11.8. The van der Waals surface area contributed by atoms with Gasteiger partial charge >= 0.3 is 0 Å². The number of phenolic OH excluding ortho intramolecular Hbond substituents is 1. The lowest BCUT2D eigenvalue weighted by Crippen LogP contribution is -2.10. The molecule has 0 aliphatic carbocycles. The Balaban J connectivity index is 2.46. The average molecular weight is 302 g/mol. The van der Waals surface area contributed by atoms with Crippen molar-refractivity contribution in [3.05, 3.63) is 39.2 Å². The lowest BCUT2D eigenvalue weighted by Gasteiger charge is -2.08. The number of fused-ring (bicyclic) bond motifs is 1. The van der Waals surface area contributed by atoms with Gasteiger partial charge < -0.3 is 14.7 Å². The molecule has 0 radical (unpaired) electrons.